The Balaban J connectivity index is 2.53. The van der Waals surface area contributed by atoms with Crippen LogP contribution in [0.3, 0.4) is 0 Å². The van der Waals surface area contributed by atoms with E-state index in [1.807, 2.05) is 12.4 Å². The van der Waals surface area contributed by atoms with E-state index in [0.29, 0.717) is 0 Å². The highest BCUT2D eigenvalue weighted by molar-refractivity contribution is 7.08. The van der Waals surface area contributed by atoms with Gasteiger partial charge in [0.25, 0.3) is 0 Å². The minimum absolute atomic E-state index is 1.31. The minimum atomic E-state index is 1.31. The van der Waals surface area contributed by atoms with Crippen LogP contribution in [0.5, 0.6) is 0 Å². The van der Waals surface area contributed by atoms with Gasteiger partial charge in [-0.2, -0.15) is 11.3 Å². The Morgan fingerprint density at radius 3 is 2.82 bits per heavy atom. The lowest BCUT2D eigenvalue weighted by Gasteiger charge is -1.92. The van der Waals surface area contributed by atoms with Gasteiger partial charge in [-0.25, -0.2) is 0 Å². The highest BCUT2D eigenvalue weighted by Crippen LogP contribution is 2.24. The lowest BCUT2D eigenvalue weighted by atomic mass is 10.1. The van der Waals surface area contributed by atoms with Crippen LogP contribution in [0.15, 0.2) is 29.2 Å². The molecule has 0 saturated heterocycles. The Morgan fingerprint density at radius 2 is 2.27 bits per heavy atom. The predicted octanol–water partition coefficient (Wildman–Crippen LogP) is 3.05. The average molecular weight is 163 g/mol. The number of thiophene rings is 1. The van der Waals surface area contributed by atoms with Gasteiger partial charge in [0.2, 0.25) is 0 Å². The Morgan fingerprint density at radius 1 is 1.36 bits per heavy atom. The largest absolute Gasteiger partial charge is 0.367 e. The summed E-state index contributed by atoms with van der Waals surface area (Å²) in [5.41, 5.74) is 3.93. The summed E-state index contributed by atoms with van der Waals surface area (Å²) in [5, 5.41) is 4.26. The quantitative estimate of drug-likeness (QED) is 0.665. The monoisotopic (exact) mass is 163 g/mol. The SMILES string of the molecule is Cc1c[nH]cc1-c1ccsc1. The molecule has 0 amide bonds. The zero-order valence-corrected chi connectivity index (χ0v) is 7.11. The highest BCUT2D eigenvalue weighted by atomic mass is 32.1. The fourth-order valence-electron chi connectivity index (χ4n) is 1.17. The van der Waals surface area contributed by atoms with Gasteiger partial charge in [0.05, 0.1) is 0 Å². The summed E-state index contributed by atoms with van der Waals surface area (Å²) in [7, 11) is 0. The van der Waals surface area contributed by atoms with Crippen LogP contribution < -0.4 is 0 Å². The molecule has 2 aromatic rings. The molecule has 0 unspecified atom stereocenters. The van der Waals surface area contributed by atoms with Crippen molar-refractivity contribution in [2.75, 3.05) is 0 Å². The number of aryl methyl sites for hydroxylation is 1. The number of hydrogen-bond acceptors (Lipinski definition) is 1. The average Bonchev–Trinajstić information content (AvgIpc) is 2.55. The van der Waals surface area contributed by atoms with Crippen LogP contribution in [0.25, 0.3) is 11.1 Å². The second-order valence-electron chi connectivity index (χ2n) is 2.56. The number of nitrogens with one attached hydrogen (secondary N) is 1. The van der Waals surface area contributed by atoms with E-state index in [2.05, 4.69) is 28.7 Å². The number of aromatic nitrogens is 1. The molecule has 0 spiro atoms. The topological polar surface area (TPSA) is 15.8 Å². The van der Waals surface area contributed by atoms with Crippen molar-refractivity contribution in [3.05, 3.63) is 34.8 Å². The number of hydrogen-bond donors (Lipinski definition) is 1. The van der Waals surface area contributed by atoms with Crippen LogP contribution in [-0.4, -0.2) is 4.98 Å². The van der Waals surface area contributed by atoms with Crippen molar-refractivity contribution in [2.45, 2.75) is 6.92 Å². The summed E-state index contributed by atoms with van der Waals surface area (Å²) in [6.45, 7) is 2.11. The first-order chi connectivity index (χ1) is 5.38. The molecule has 0 atom stereocenters. The molecule has 0 fully saturated rings. The maximum atomic E-state index is 3.09. The maximum Gasteiger partial charge on any atom is 0.00872 e. The Labute approximate surface area is 69.7 Å². The molecule has 1 N–H and O–H groups in total. The van der Waals surface area contributed by atoms with Crippen LogP contribution in [0.1, 0.15) is 5.56 Å². The first kappa shape index (κ1) is 6.68. The lowest BCUT2D eigenvalue weighted by Crippen LogP contribution is -1.70. The fourth-order valence-corrected chi connectivity index (χ4v) is 1.83. The van der Waals surface area contributed by atoms with E-state index in [4.69, 9.17) is 0 Å². The van der Waals surface area contributed by atoms with Crippen molar-refractivity contribution < 1.29 is 0 Å². The van der Waals surface area contributed by atoms with Crippen molar-refractivity contribution in [2.24, 2.45) is 0 Å². The van der Waals surface area contributed by atoms with Crippen LogP contribution >= 0.6 is 11.3 Å². The van der Waals surface area contributed by atoms with Crippen molar-refractivity contribution in [3.8, 4) is 11.1 Å². The van der Waals surface area contributed by atoms with E-state index in [1.54, 1.807) is 11.3 Å². The van der Waals surface area contributed by atoms with Gasteiger partial charge in [-0.3, -0.25) is 0 Å². The van der Waals surface area contributed by atoms with Gasteiger partial charge in [-0.1, -0.05) is 0 Å². The van der Waals surface area contributed by atoms with Crippen molar-refractivity contribution in [3.63, 3.8) is 0 Å². The summed E-state index contributed by atoms with van der Waals surface area (Å²) in [4.78, 5) is 3.09. The summed E-state index contributed by atoms with van der Waals surface area (Å²) >= 11 is 1.73. The molecule has 2 heterocycles. The van der Waals surface area contributed by atoms with Crippen molar-refractivity contribution in [1.82, 2.24) is 4.98 Å². The molecule has 2 heteroatoms. The normalized spacial score (nSPS) is 10.3. The number of rotatable bonds is 1. The molecule has 0 aliphatic rings. The van der Waals surface area contributed by atoms with Crippen LogP contribution in [0.4, 0.5) is 0 Å². The second kappa shape index (κ2) is 2.55. The van der Waals surface area contributed by atoms with Crippen molar-refractivity contribution in [1.29, 1.82) is 0 Å². The van der Waals surface area contributed by atoms with Crippen LogP contribution in [-0.2, 0) is 0 Å². The molecule has 2 rings (SSSR count). The van der Waals surface area contributed by atoms with Crippen molar-refractivity contribution >= 4 is 11.3 Å². The van der Waals surface area contributed by atoms with Gasteiger partial charge in [-0.15, -0.1) is 0 Å². The molecule has 0 aliphatic heterocycles. The lowest BCUT2D eigenvalue weighted by molar-refractivity contribution is 1.39. The van der Waals surface area contributed by atoms with Gasteiger partial charge in [-0.05, 0) is 34.9 Å². The van der Waals surface area contributed by atoms with Gasteiger partial charge >= 0.3 is 0 Å². The van der Waals surface area contributed by atoms with Crippen LogP contribution in [0.2, 0.25) is 0 Å². The van der Waals surface area contributed by atoms with E-state index in [0.717, 1.165) is 0 Å². The van der Waals surface area contributed by atoms with Gasteiger partial charge in [0.1, 0.15) is 0 Å². The molecule has 2 aromatic heterocycles. The van der Waals surface area contributed by atoms with E-state index < -0.39 is 0 Å². The second-order valence-corrected chi connectivity index (χ2v) is 3.34. The zero-order chi connectivity index (χ0) is 7.68. The van der Waals surface area contributed by atoms with Gasteiger partial charge in [0, 0.05) is 18.0 Å². The third kappa shape index (κ3) is 1.10. The number of H-pyrrole nitrogens is 1. The van der Waals surface area contributed by atoms with E-state index >= 15 is 0 Å². The van der Waals surface area contributed by atoms with Crippen LogP contribution in [0, 0.1) is 6.92 Å². The first-order valence-electron chi connectivity index (χ1n) is 3.54. The van der Waals surface area contributed by atoms with Gasteiger partial charge < -0.3 is 4.98 Å². The molecule has 1 nitrogen and oxygen atoms in total. The number of aromatic amines is 1. The summed E-state index contributed by atoms with van der Waals surface area (Å²) in [5.74, 6) is 0. The smallest absolute Gasteiger partial charge is 0.00872 e. The third-order valence-corrected chi connectivity index (χ3v) is 2.47. The first-order valence-corrected chi connectivity index (χ1v) is 4.48. The Kier molecular flexibility index (Phi) is 1.55. The molecule has 0 aliphatic carbocycles. The highest BCUT2D eigenvalue weighted by Gasteiger charge is 2.00. The Bertz CT molecular complexity index is 332. The fraction of sp³-hybridized carbons (Fsp3) is 0.111. The third-order valence-electron chi connectivity index (χ3n) is 1.78. The van der Waals surface area contributed by atoms with Gasteiger partial charge in [0.15, 0.2) is 0 Å². The standard InChI is InChI=1S/C9H9NS/c1-7-4-10-5-9(7)8-2-3-11-6-8/h2-6,10H,1H3. The summed E-state index contributed by atoms with van der Waals surface area (Å²) in [6, 6.07) is 2.14. The summed E-state index contributed by atoms with van der Waals surface area (Å²) < 4.78 is 0. The zero-order valence-electron chi connectivity index (χ0n) is 6.29. The molecule has 11 heavy (non-hydrogen) atoms. The molecule has 0 radical (unpaired) electrons. The molecule has 0 saturated carbocycles. The predicted molar refractivity (Wildman–Crippen MR) is 48.8 cm³/mol. The van der Waals surface area contributed by atoms with E-state index in [-0.39, 0.29) is 0 Å². The maximum absolute atomic E-state index is 3.09. The molecule has 56 valence electrons. The molecular formula is C9H9NS. The molecule has 0 aromatic carbocycles. The minimum Gasteiger partial charge on any atom is -0.367 e. The summed E-state index contributed by atoms with van der Waals surface area (Å²) in [6.07, 6.45) is 4.06. The molecule has 0 bridgehead atoms. The van der Waals surface area contributed by atoms with E-state index in [9.17, 15) is 0 Å². The molecular weight excluding hydrogens is 154 g/mol. The van der Waals surface area contributed by atoms with E-state index in [1.165, 1.54) is 16.7 Å². The Hall–Kier alpha value is -1.02.